The maximum absolute atomic E-state index is 6.70. The van der Waals surface area contributed by atoms with Crippen LogP contribution in [0, 0.1) is 0 Å². The maximum Gasteiger partial charge on any atom is 0.136 e. The molecule has 1 aromatic heterocycles. The lowest BCUT2D eigenvalue weighted by atomic mass is 9.63. The van der Waals surface area contributed by atoms with Crippen LogP contribution >= 0.6 is 0 Å². The number of hydrogen-bond acceptors (Lipinski definition) is 2. The van der Waals surface area contributed by atoms with Crippen LogP contribution in [0.5, 0.6) is 11.5 Å². The molecule has 1 aliphatic rings. The highest BCUT2D eigenvalue weighted by Crippen LogP contribution is 2.55. The van der Waals surface area contributed by atoms with E-state index >= 15 is 0 Å². The Hall–Kier alpha value is -5.86. The zero-order chi connectivity index (χ0) is 29.8. The van der Waals surface area contributed by atoms with Crippen molar-refractivity contribution in [3.05, 3.63) is 192 Å². The van der Waals surface area contributed by atoms with Gasteiger partial charge in [-0.05, 0) is 57.6 Å². The molecule has 0 saturated heterocycles. The fourth-order valence-electron chi connectivity index (χ4n) is 7.25. The second-order valence-electron chi connectivity index (χ2n) is 11.6. The fourth-order valence-corrected chi connectivity index (χ4v) is 7.25. The molecule has 7 aromatic carbocycles. The summed E-state index contributed by atoms with van der Waals surface area (Å²) in [6.45, 7) is 0. The van der Waals surface area contributed by atoms with Gasteiger partial charge in [-0.1, -0.05) is 146 Å². The zero-order valence-corrected chi connectivity index (χ0v) is 24.5. The molecule has 45 heavy (non-hydrogen) atoms. The molecule has 0 bridgehead atoms. The van der Waals surface area contributed by atoms with Crippen molar-refractivity contribution in [1.29, 1.82) is 0 Å². The molecule has 0 radical (unpaired) electrons. The molecule has 0 saturated carbocycles. The normalized spacial score (nSPS) is 13.2. The summed E-state index contributed by atoms with van der Waals surface area (Å²) in [5, 5.41) is 2.29. The van der Waals surface area contributed by atoms with Crippen LogP contribution in [0.4, 0.5) is 0 Å². The number of para-hydroxylation sites is 2. The Bertz CT molecular complexity index is 2290. The Morgan fingerprint density at radius 1 is 0.400 bits per heavy atom. The van der Waals surface area contributed by atoms with E-state index in [1.165, 1.54) is 16.7 Å². The van der Waals surface area contributed by atoms with E-state index in [-0.39, 0.29) is 0 Å². The molecule has 0 fully saturated rings. The van der Waals surface area contributed by atoms with Crippen LogP contribution in [0.2, 0.25) is 0 Å². The molecule has 2 heterocycles. The Labute approximate surface area is 261 Å². The number of ether oxygens (including phenoxy) is 1. The Morgan fingerprint density at radius 3 is 1.78 bits per heavy atom. The molecule has 0 atom stereocenters. The Morgan fingerprint density at radius 2 is 1.00 bits per heavy atom. The van der Waals surface area contributed by atoms with Gasteiger partial charge in [0.15, 0.2) is 0 Å². The summed E-state index contributed by atoms with van der Waals surface area (Å²) in [6.07, 6.45) is 0. The van der Waals surface area contributed by atoms with Crippen molar-refractivity contribution >= 4 is 21.9 Å². The summed E-state index contributed by atoms with van der Waals surface area (Å²) < 4.78 is 12.9. The summed E-state index contributed by atoms with van der Waals surface area (Å²) in [6, 6.07) is 60.1. The van der Waals surface area contributed by atoms with Gasteiger partial charge in [0.05, 0.1) is 5.41 Å². The smallest absolute Gasteiger partial charge is 0.136 e. The van der Waals surface area contributed by atoms with E-state index in [1.807, 2.05) is 18.2 Å². The molecule has 8 aromatic rings. The standard InChI is InChI=1S/C43H28O2/c1-3-12-32(13-4-1)43(33-14-5-2-6-15-33)36-18-8-10-20-39(36)45-41-28-31(26-27-37(41)43)29-22-24-30(25-23-29)34-17-11-21-40-42(34)35-16-7-9-19-38(35)44-40/h1-28H. The molecule has 0 aliphatic carbocycles. The van der Waals surface area contributed by atoms with Crippen LogP contribution in [0.25, 0.3) is 44.2 Å². The van der Waals surface area contributed by atoms with E-state index in [0.29, 0.717) is 0 Å². The molecule has 2 heteroatoms. The second-order valence-corrected chi connectivity index (χ2v) is 11.6. The van der Waals surface area contributed by atoms with Crippen molar-refractivity contribution in [2.24, 2.45) is 0 Å². The third kappa shape index (κ3) is 3.89. The second kappa shape index (κ2) is 10.1. The highest BCUT2D eigenvalue weighted by atomic mass is 16.5. The summed E-state index contributed by atoms with van der Waals surface area (Å²) in [5.41, 5.74) is 10.6. The molecule has 0 spiro atoms. The number of fused-ring (bicyclic) bond motifs is 5. The van der Waals surface area contributed by atoms with Crippen molar-refractivity contribution in [2.45, 2.75) is 5.41 Å². The predicted molar refractivity (Wildman–Crippen MR) is 183 cm³/mol. The third-order valence-corrected chi connectivity index (χ3v) is 9.24. The van der Waals surface area contributed by atoms with E-state index in [0.717, 1.165) is 61.3 Å². The van der Waals surface area contributed by atoms with Crippen LogP contribution < -0.4 is 4.74 Å². The van der Waals surface area contributed by atoms with Gasteiger partial charge in [0.25, 0.3) is 0 Å². The van der Waals surface area contributed by atoms with Crippen LogP contribution in [0.3, 0.4) is 0 Å². The van der Waals surface area contributed by atoms with E-state index in [4.69, 9.17) is 9.15 Å². The molecule has 9 rings (SSSR count). The van der Waals surface area contributed by atoms with Crippen LogP contribution in [-0.4, -0.2) is 0 Å². The molecule has 2 nitrogen and oxygen atoms in total. The SMILES string of the molecule is c1ccc(C2(c3ccccc3)c3ccccc3Oc3cc(-c4ccc(-c5cccc6oc7ccccc7c56)cc4)ccc32)cc1. The maximum atomic E-state index is 6.70. The Balaban J connectivity index is 1.18. The molecule has 1 aliphatic heterocycles. The number of furan rings is 1. The monoisotopic (exact) mass is 576 g/mol. The summed E-state index contributed by atoms with van der Waals surface area (Å²) in [7, 11) is 0. The average molecular weight is 577 g/mol. The van der Waals surface area contributed by atoms with Crippen molar-refractivity contribution in [1.82, 2.24) is 0 Å². The predicted octanol–water partition coefficient (Wildman–Crippen LogP) is 11.4. The fraction of sp³-hybridized carbons (Fsp3) is 0.0233. The topological polar surface area (TPSA) is 22.4 Å². The highest BCUT2D eigenvalue weighted by molar-refractivity contribution is 6.12. The van der Waals surface area contributed by atoms with Gasteiger partial charge in [-0.2, -0.15) is 0 Å². The number of benzene rings is 7. The van der Waals surface area contributed by atoms with E-state index in [2.05, 4.69) is 152 Å². The van der Waals surface area contributed by atoms with Crippen LogP contribution in [-0.2, 0) is 5.41 Å². The lowest BCUT2D eigenvalue weighted by molar-refractivity contribution is 0.435. The number of rotatable bonds is 4. The van der Waals surface area contributed by atoms with Gasteiger partial charge in [-0.15, -0.1) is 0 Å². The molecule has 0 unspecified atom stereocenters. The molecule has 0 amide bonds. The van der Waals surface area contributed by atoms with Crippen LogP contribution in [0.15, 0.2) is 174 Å². The average Bonchev–Trinajstić information content (AvgIpc) is 3.50. The van der Waals surface area contributed by atoms with Crippen molar-refractivity contribution in [2.75, 3.05) is 0 Å². The number of hydrogen-bond donors (Lipinski definition) is 0. The molecular formula is C43H28O2. The van der Waals surface area contributed by atoms with Gasteiger partial charge in [0.1, 0.15) is 22.7 Å². The third-order valence-electron chi connectivity index (χ3n) is 9.24. The lowest BCUT2D eigenvalue weighted by Crippen LogP contribution is -2.34. The van der Waals surface area contributed by atoms with E-state index in [9.17, 15) is 0 Å². The van der Waals surface area contributed by atoms with Gasteiger partial charge < -0.3 is 9.15 Å². The molecule has 0 N–H and O–H groups in total. The van der Waals surface area contributed by atoms with Gasteiger partial charge >= 0.3 is 0 Å². The van der Waals surface area contributed by atoms with Crippen molar-refractivity contribution in [3.63, 3.8) is 0 Å². The quantitative estimate of drug-likeness (QED) is 0.208. The molecule has 212 valence electrons. The lowest BCUT2D eigenvalue weighted by Gasteiger charge is -2.41. The van der Waals surface area contributed by atoms with Crippen LogP contribution in [0.1, 0.15) is 22.3 Å². The highest BCUT2D eigenvalue weighted by Gasteiger charge is 2.45. The van der Waals surface area contributed by atoms with E-state index < -0.39 is 5.41 Å². The van der Waals surface area contributed by atoms with Gasteiger partial charge in [-0.3, -0.25) is 0 Å². The summed E-state index contributed by atoms with van der Waals surface area (Å²) in [4.78, 5) is 0. The first-order valence-corrected chi connectivity index (χ1v) is 15.3. The first kappa shape index (κ1) is 25.6. The largest absolute Gasteiger partial charge is 0.457 e. The van der Waals surface area contributed by atoms with Gasteiger partial charge in [-0.25, -0.2) is 0 Å². The Kier molecular flexibility index (Phi) is 5.76. The van der Waals surface area contributed by atoms with Gasteiger partial charge in [0, 0.05) is 21.9 Å². The minimum atomic E-state index is -0.513. The first-order chi connectivity index (χ1) is 22.3. The zero-order valence-electron chi connectivity index (χ0n) is 24.5. The first-order valence-electron chi connectivity index (χ1n) is 15.3. The van der Waals surface area contributed by atoms with E-state index in [1.54, 1.807) is 0 Å². The summed E-state index contributed by atoms with van der Waals surface area (Å²) in [5.74, 6) is 1.75. The summed E-state index contributed by atoms with van der Waals surface area (Å²) >= 11 is 0. The minimum absolute atomic E-state index is 0.513. The van der Waals surface area contributed by atoms with Gasteiger partial charge in [0.2, 0.25) is 0 Å². The molecular weight excluding hydrogens is 548 g/mol. The van der Waals surface area contributed by atoms with Crippen molar-refractivity contribution < 1.29 is 9.15 Å². The van der Waals surface area contributed by atoms with Crippen molar-refractivity contribution in [3.8, 4) is 33.8 Å². The minimum Gasteiger partial charge on any atom is -0.457 e.